The lowest BCUT2D eigenvalue weighted by atomic mass is 10.1. The molecule has 0 unspecified atom stereocenters. The van der Waals surface area contributed by atoms with Gasteiger partial charge in [-0.05, 0) is 43.5 Å². The van der Waals surface area contributed by atoms with Crippen molar-refractivity contribution in [2.75, 3.05) is 38.1 Å². The van der Waals surface area contributed by atoms with Gasteiger partial charge in [-0.3, -0.25) is 0 Å². The van der Waals surface area contributed by atoms with E-state index in [-0.39, 0.29) is 0 Å². The third kappa shape index (κ3) is 3.69. The normalized spacial score (nSPS) is 17.1. The number of quaternary nitrogens is 1. The Morgan fingerprint density at radius 2 is 1.27 bits per heavy atom. The van der Waals surface area contributed by atoms with Gasteiger partial charge in [0.05, 0.1) is 33.2 Å². The zero-order valence-corrected chi connectivity index (χ0v) is 13.6. The molecule has 116 valence electrons. The highest BCUT2D eigenvalue weighted by atomic mass is 15.3. The maximum Gasteiger partial charge on any atom is 0.0967 e. The minimum atomic E-state index is 1.07. The quantitative estimate of drug-likeness (QED) is 0.736. The number of likely N-dealkylation sites (tertiary alicyclic amines) is 1. The van der Waals surface area contributed by atoms with Gasteiger partial charge in [0.2, 0.25) is 0 Å². The Balaban J connectivity index is 1.77. The number of hydrogen-bond donors (Lipinski definition) is 0. The van der Waals surface area contributed by atoms with Gasteiger partial charge in [-0.15, -0.1) is 0 Å². The SMILES string of the molecule is C[N+]1(CCN(c2ccccc2)c2ccccc2)CCCCC1. The summed E-state index contributed by atoms with van der Waals surface area (Å²) in [6, 6.07) is 21.5. The minimum absolute atomic E-state index is 1.07. The van der Waals surface area contributed by atoms with Gasteiger partial charge in [0, 0.05) is 11.4 Å². The van der Waals surface area contributed by atoms with Crippen LogP contribution in [-0.4, -0.2) is 37.7 Å². The van der Waals surface area contributed by atoms with E-state index in [1.807, 2.05) is 0 Å². The van der Waals surface area contributed by atoms with Crippen molar-refractivity contribution in [1.82, 2.24) is 0 Å². The largest absolute Gasteiger partial charge is 0.336 e. The third-order valence-corrected chi connectivity index (χ3v) is 4.90. The van der Waals surface area contributed by atoms with Crippen molar-refractivity contribution in [3.05, 3.63) is 60.7 Å². The fraction of sp³-hybridized carbons (Fsp3) is 0.400. The van der Waals surface area contributed by atoms with Crippen LogP contribution in [0.15, 0.2) is 60.7 Å². The Kier molecular flexibility index (Phi) is 4.79. The van der Waals surface area contributed by atoms with Crippen LogP contribution in [0.3, 0.4) is 0 Å². The molecule has 0 amide bonds. The number of rotatable bonds is 5. The van der Waals surface area contributed by atoms with E-state index in [2.05, 4.69) is 72.6 Å². The smallest absolute Gasteiger partial charge is 0.0967 e. The molecule has 3 rings (SSSR count). The monoisotopic (exact) mass is 295 g/mol. The zero-order valence-electron chi connectivity index (χ0n) is 13.6. The van der Waals surface area contributed by atoms with Crippen LogP contribution >= 0.6 is 0 Å². The Labute approximate surface area is 134 Å². The summed E-state index contributed by atoms with van der Waals surface area (Å²) in [5, 5.41) is 0. The number of likely N-dealkylation sites (N-methyl/N-ethyl adjacent to an activating group) is 1. The molecule has 0 radical (unpaired) electrons. The van der Waals surface area contributed by atoms with Crippen LogP contribution in [0.2, 0.25) is 0 Å². The summed E-state index contributed by atoms with van der Waals surface area (Å²) in [4.78, 5) is 2.46. The van der Waals surface area contributed by atoms with Gasteiger partial charge < -0.3 is 9.38 Å². The first kappa shape index (κ1) is 15.1. The highest BCUT2D eigenvalue weighted by molar-refractivity contribution is 5.62. The molecule has 0 saturated carbocycles. The average molecular weight is 295 g/mol. The standard InChI is InChI=1S/C20H27N2/c1-22(16-9-4-10-17-22)18-15-21(19-11-5-2-6-12-19)20-13-7-3-8-14-20/h2-3,5-8,11-14H,4,9-10,15-18H2,1H3/q+1. The zero-order chi connectivity index (χ0) is 15.3. The number of hydrogen-bond acceptors (Lipinski definition) is 1. The Bertz CT molecular complexity index is 519. The topological polar surface area (TPSA) is 3.24 Å². The van der Waals surface area contributed by atoms with E-state index in [9.17, 15) is 0 Å². The summed E-state index contributed by atoms with van der Waals surface area (Å²) in [6.07, 6.45) is 4.18. The summed E-state index contributed by atoms with van der Waals surface area (Å²) >= 11 is 0. The second-order valence-corrected chi connectivity index (χ2v) is 6.67. The van der Waals surface area contributed by atoms with Crippen molar-refractivity contribution in [2.24, 2.45) is 0 Å². The van der Waals surface area contributed by atoms with Crippen molar-refractivity contribution in [1.29, 1.82) is 0 Å². The van der Waals surface area contributed by atoms with E-state index >= 15 is 0 Å². The van der Waals surface area contributed by atoms with Crippen LogP contribution in [0, 0.1) is 0 Å². The molecule has 1 fully saturated rings. The van der Waals surface area contributed by atoms with Gasteiger partial charge in [0.1, 0.15) is 0 Å². The number of piperidine rings is 1. The molecule has 0 aromatic heterocycles. The lowest BCUT2D eigenvalue weighted by molar-refractivity contribution is -0.912. The van der Waals surface area contributed by atoms with Crippen molar-refractivity contribution in [3.8, 4) is 0 Å². The Hall–Kier alpha value is -1.80. The minimum Gasteiger partial charge on any atom is -0.336 e. The predicted octanol–water partition coefficient (Wildman–Crippen LogP) is 4.46. The highest BCUT2D eigenvalue weighted by Gasteiger charge is 2.25. The molecule has 1 heterocycles. The number of nitrogens with zero attached hydrogens (tertiary/aromatic N) is 2. The van der Waals surface area contributed by atoms with Crippen LogP contribution in [0.25, 0.3) is 0 Å². The van der Waals surface area contributed by atoms with E-state index < -0.39 is 0 Å². The van der Waals surface area contributed by atoms with Crippen LogP contribution < -0.4 is 4.90 Å². The molecule has 0 atom stereocenters. The molecule has 1 aliphatic heterocycles. The average Bonchev–Trinajstić information content (AvgIpc) is 2.58. The molecule has 0 N–H and O–H groups in total. The fourth-order valence-electron chi connectivity index (χ4n) is 3.46. The molecule has 1 saturated heterocycles. The molecule has 2 aromatic rings. The summed E-state index contributed by atoms with van der Waals surface area (Å²) in [6.45, 7) is 4.95. The van der Waals surface area contributed by atoms with Gasteiger partial charge in [-0.25, -0.2) is 0 Å². The molecule has 0 spiro atoms. The molecule has 1 aliphatic rings. The molecule has 2 aromatic carbocycles. The van der Waals surface area contributed by atoms with Crippen LogP contribution in [0.4, 0.5) is 11.4 Å². The van der Waals surface area contributed by atoms with Crippen molar-refractivity contribution >= 4 is 11.4 Å². The van der Waals surface area contributed by atoms with E-state index in [1.54, 1.807) is 0 Å². The van der Waals surface area contributed by atoms with Crippen molar-refractivity contribution in [3.63, 3.8) is 0 Å². The number of anilines is 2. The van der Waals surface area contributed by atoms with Crippen LogP contribution in [0.5, 0.6) is 0 Å². The number of benzene rings is 2. The van der Waals surface area contributed by atoms with Crippen molar-refractivity contribution < 1.29 is 4.48 Å². The molecule has 2 nitrogen and oxygen atoms in total. The Morgan fingerprint density at radius 3 is 1.77 bits per heavy atom. The molecular weight excluding hydrogens is 268 g/mol. The van der Waals surface area contributed by atoms with Crippen molar-refractivity contribution in [2.45, 2.75) is 19.3 Å². The van der Waals surface area contributed by atoms with Gasteiger partial charge >= 0.3 is 0 Å². The van der Waals surface area contributed by atoms with Crippen LogP contribution in [-0.2, 0) is 0 Å². The van der Waals surface area contributed by atoms with Gasteiger partial charge in [0.25, 0.3) is 0 Å². The second kappa shape index (κ2) is 6.97. The maximum atomic E-state index is 2.46. The Morgan fingerprint density at radius 1 is 0.773 bits per heavy atom. The summed E-state index contributed by atoms with van der Waals surface area (Å²) < 4.78 is 1.22. The molecule has 0 bridgehead atoms. The lowest BCUT2D eigenvalue weighted by Gasteiger charge is -2.39. The van der Waals surface area contributed by atoms with Crippen LogP contribution in [0.1, 0.15) is 19.3 Å². The van der Waals surface area contributed by atoms with E-state index in [4.69, 9.17) is 0 Å². The second-order valence-electron chi connectivity index (χ2n) is 6.67. The van der Waals surface area contributed by atoms with Gasteiger partial charge in [-0.1, -0.05) is 36.4 Å². The fourth-order valence-corrected chi connectivity index (χ4v) is 3.46. The summed E-state index contributed by atoms with van der Waals surface area (Å²) in [5.74, 6) is 0. The highest BCUT2D eigenvalue weighted by Crippen LogP contribution is 2.25. The predicted molar refractivity (Wildman–Crippen MR) is 94.5 cm³/mol. The summed E-state index contributed by atoms with van der Waals surface area (Å²) in [7, 11) is 2.42. The molecule has 2 heteroatoms. The molecule has 22 heavy (non-hydrogen) atoms. The summed E-state index contributed by atoms with van der Waals surface area (Å²) in [5.41, 5.74) is 2.58. The number of para-hydroxylation sites is 2. The van der Waals surface area contributed by atoms with Gasteiger partial charge in [0.15, 0.2) is 0 Å². The molecular formula is C20H27N2+. The first-order valence-electron chi connectivity index (χ1n) is 8.48. The third-order valence-electron chi connectivity index (χ3n) is 4.90. The first-order chi connectivity index (χ1) is 10.8. The lowest BCUT2D eigenvalue weighted by Crippen LogP contribution is -2.51. The van der Waals surface area contributed by atoms with Gasteiger partial charge in [-0.2, -0.15) is 0 Å². The first-order valence-corrected chi connectivity index (χ1v) is 8.48. The molecule has 0 aliphatic carbocycles. The van der Waals surface area contributed by atoms with E-state index in [1.165, 1.54) is 54.8 Å². The van der Waals surface area contributed by atoms with E-state index in [0.717, 1.165) is 6.54 Å². The van der Waals surface area contributed by atoms with E-state index in [0.29, 0.717) is 0 Å². The maximum absolute atomic E-state index is 2.46.